The number of amides is 1. The van der Waals surface area contributed by atoms with Crippen LogP contribution in [0.15, 0.2) is 36.4 Å². The fraction of sp³-hybridized carbons (Fsp3) is 0.316. The zero-order valence-electron chi connectivity index (χ0n) is 13.8. The standard InChI is InChI=1S/C19H19FN2O3/c1-2-3-4-16(19(24)25)22-18(23)14-10-17(11-5-6-11)21-15-8-7-12(20)9-13(14)15/h2-3,7-11,16H,4-6H2,1H3,(H,22,23)(H,24,25)/b3-2+. The second kappa shape index (κ2) is 7.01. The Morgan fingerprint density at radius 1 is 1.40 bits per heavy atom. The molecule has 6 heteroatoms. The van der Waals surface area contributed by atoms with Gasteiger partial charge in [0.1, 0.15) is 11.9 Å². The smallest absolute Gasteiger partial charge is 0.326 e. The SMILES string of the molecule is C/C=C/CC(NC(=O)c1cc(C2CC2)nc2ccc(F)cc12)C(=O)O. The van der Waals surface area contributed by atoms with Crippen molar-refractivity contribution in [1.82, 2.24) is 10.3 Å². The van der Waals surface area contributed by atoms with Crippen LogP contribution in [-0.4, -0.2) is 28.0 Å². The molecule has 1 aromatic carbocycles. The molecule has 1 aliphatic rings. The second-order valence-electron chi connectivity index (χ2n) is 6.20. The molecule has 3 rings (SSSR count). The highest BCUT2D eigenvalue weighted by molar-refractivity contribution is 6.07. The van der Waals surface area contributed by atoms with Crippen LogP contribution >= 0.6 is 0 Å². The first kappa shape index (κ1) is 17.1. The van der Waals surface area contributed by atoms with Crippen molar-refractivity contribution in [2.24, 2.45) is 0 Å². The van der Waals surface area contributed by atoms with E-state index in [9.17, 15) is 19.1 Å². The maximum absolute atomic E-state index is 13.6. The van der Waals surface area contributed by atoms with Crippen molar-refractivity contribution < 1.29 is 19.1 Å². The summed E-state index contributed by atoms with van der Waals surface area (Å²) in [5.74, 6) is -1.79. The summed E-state index contributed by atoms with van der Waals surface area (Å²) in [5.41, 5.74) is 1.60. The van der Waals surface area contributed by atoms with Crippen LogP contribution in [0.2, 0.25) is 0 Å². The predicted octanol–water partition coefficient (Wildman–Crippen LogP) is 3.40. The van der Waals surface area contributed by atoms with Crippen LogP contribution in [0.4, 0.5) is 4.39 Å². The summed E-state index contributed by atoms with van der Waals surface area (Å²) in [6, 6.07) is 4.73. The van der Waals surface area contributed by atoms with Crippen LogP contribution in [0.1, 0.15) is 48.2 Å². The number of hydrogen-bond donors (Lipinski definition) is 2. The van der Waals surface area contributed by atoms with Crippen LogP contribution in [0.3, 0.4) is 0 Å². The molecule has 0 aliphatic heterocycles. The molecule has 25 heavy (non-hydrogen) atoms. The Kier molecular flexibility index (Phi) is 4.79. The summed E-state index contributed by atoms with van der Waals surface area (Å²) in [4.78, 5) is 28.6. The number of pyridine rings is 1. The third kappa shape index (κ3) is 3.84. The van der Waals surface area contributed by atoms with Gasteiger partial charge < -0.3 is 10.4 Å². The molecule has 130 valence electrons. The number of nitrogens with one attached hydrogen (secondary N) is 1. The maximum atomic E-state index is 13.6. The summed E-state index contributed by atoms with van der Waals surface area (Å²) in [6.45, 7) is 1.78. The van der Waals surface area contributed by atoms with Gasteiger partial charge in [0, 0.05) is 17.0 Å². The third-order valence-corrected chi connectivity index (χ3v) is 4.24. The minimum Gasteiger partial charge on any atom is -0.480 e. The number of aliphatic carboxylic acids is 1. The highest BCUT2D eigenvalue weighted by Gasteiger charge is 2.28. The van der Waals surface area contributed by atoms with Gasteiger partial charge in [0.05, 0.1) is 11.1 Å². The van der Waals surface area contributed by atoms with Crippen LogP contribution in [0, 0.1) is 5.82 Å². The second-order valence-corrected chi connectivity index (χ2v) is 6.20. The van der Waals surface area contributed by atoms with Crippen molar-refractivity contribution in [3.8, 4) is 0 Å². The Hall–Kier alpha value is -2.76. The molecule has 1 aliphatic carbocycles. The van der Waals surface area contributed by atoms with E-state index in [1.54, 1.807) is 31.2 Å². The lowest BCUT2D eigenvalue weighted by Crippen LogP contribution is -2.40. The number of carbonyl (C=O) groups excluding carboxylic acids is 1. The maximum Gasteiger partial charge on any atom is 0.326 e. The number of carbonyl (C=O) groups is 2. The van der Waals surface area contributed by atoms with Gasteiger partial charge in [0.15, 0.2) is 0 Å². The molecule has 1 atom stereocenters. The van der Waals surface area contributed by atoms with Crippen molar-refractivity contribution in [2.45, 2.75) is 38.1 Å². The molecule has 0 bridgehead atoms. The van der Waals surface area contributed by atoms with Crippen molar-refractivity contribution >= 4 is 22.8 Å². The van der Waals surface area contributed by atoms with Crippen molar-refractivity contribution in [2.75, 3.05) is 0 Å². The number of aromatic nitrogens is 1. The Morgan fingerprint density at radius 3 is 2.80 bits per heavy atom. The van der Waals surface area contributed by atoms with E-state index < -0.39 is 23.7 Å². The first-order valence-corrected chi connectivity index (χ1v) is 8.24. The highest BCUT2D eigenvalue weighted by atomic mass is 19.1. The van der Waals surface area contributed by atoms with Gasteiger partial charge in [-0.15, -0.1) is 0 Å². The fourth-order valence-electron chi connectivity index (χ4n) is 2.72. The number of fused-ring (bicyclic) bond motifs is 1. The minimum atomic E-state index is -1.11. The van der Waals surface area contributed by atoms with Gasteiger partial charge in [-0.3, -0.25) is 9.78 Å². The largest absolute Gasteiger partial charge is 0.480 e. The molecule has 0 spiro atoms. The van der Waals surface area contributed by atoms with Crippen LogP contribution < -0.4 is 5.32 Å². The molecule has 1 saturated carbocycles. The topological polar surface area (TPSA) is 79.3 Å². The quantitative estimate of drug-likeness (QED) is 0.789. The van der Waals surface area contributed by atoms with Crippen molar-refractivity contribution in [1.29, 1.82) is 0 Å². The molecule has 0 saturated heterocycles. The Morgan fingerprint density at radius 2 is 2.16 bits per heavy atom. The predicted molar refractivity (Wildman–Crippen MR) is 92.0 cm³/mol. The van der Waals surface area contributed by atoms with Crippen molar-refractivity contribution in [3.63, 3.8) is 0 Å². The van der Waals surface area contributed by atoms with Gasteiger partial charge in [-0.05, 0) is 50.5 Å². The molecule has 1 fully saturated rings. The van der Waals surface area contributed by atoms with Gasteiger partial charge in [-0.2, -0.15) is 0 Å². The van der Waals surface area contributed by atoms with E-state index in [0.717, 1.165) is 18.5 Å². The van der Waals surface area contributed by atoms with Gasteiger partial charge in [0.25, 0.3) is 5.91 Å². The number of rotatable bonds is 6. The molecular formula is C19H19FN2O3. The number of carboxylic acid groups (broad SMARTS) is 1. The summed E-state index contributed by atoms with van der Waals surface area (Å²) < 4.78 is 13.6. The average Bonchev–Trinajstić information content (AvgIpc) is 3.42. The van der Waals surface area contributed by atoms with Crippen LogP contribution in [-0.2, 0) is 4.79 Å². The molecular weight excluding hydrogens is 323 g/mol. The lowest BCUT2D eigenvalue weighted by Gasteiger charge is -2.15. The monoisotopic (exact) mass is 342 g/mol. The van der Waals surface area contributed by atoms with Gasteiger partial charge in [0.2, 0.25) is 0 Å². The molecule has 1 unspecified atom stereocenters. The Balaban J connectivity index is 1.98. The summed E-state index contributed by atoms with van der Waals surface area (Å²) >= 11 is 0. The highest BCUT2D eigenvalue weighted by Crippen LogP contribution is 2.40. The normalized spacial score (nSPS) is 15.4. The molecule has 2 aromatic rings. The fourth-order valence-corrected chi connectivity index (χ4v) is 2.72. The Labute approximate surface area is 144 Å². The number of allylic oxidation sites excluding steroid dienone is 1. The Bertz CT molecular complexity index is 859. The van der Waals surface area contributed by atoms with E-state index in [1.807, 2.05) is 0 Å². The molecule has 1 heterocycles. The van der Waals surface area contributed by atoms with Gasteiger partial charge >= 0.3 is 5.97 Å². The molecule has 5 nitrogen and oxygen atoms in total. The zero-order chi connectivity index (χ0) is 18.0. The minimum absolute atomic E-state index is 0.185. The number of nitrogens with zero attached hydrogens (tertiary/aromatic N) is 1. The van der Waals surface area contributed by atoms with Crippen molar-refractivity contribution in [3.05, 3.63) is 53.5 Å². The number of hydrogen-bond acceptors (Lipinski definition) is 3. The van der Waals surface area contributed by atoms with E-state index >= 15 is 0 Å². The molecule has 0 radical (unpaired) electrons. The van der Waals surface area contributed by atoms with E-state index in [4.69, 9.17) is 0 Å². The van der Waals surface area contributed by atoms with E-state index in [1.165, 1.54) is 12.1 Å². The summed E-state index contributed by atoms with van der Waals surface area (Å²) in [5, 5.41) is 12.2. The first-order valence-electron chi connectivity index (χ1n) is 8.24. The van der Waals surface area contributed by atoms with Gasteiger partial charge in [-0.1, -0.05) is 12.2 Å². The molecule has 1 amide bonds. The third-order valence-electron chi connectivity index (χ3n) is 4.24. The lowest BCUT2D eigenvalue weighted by atomic mass is 10.0. The summed E-state index contributed by atoms with van der Waals surface area (Å²) in [7, 11) is 0. The van der Waals surface area contributed by atoms with Gasteiger partial charge in [-0.25, -0.2) is 9.18 Å². The average molecular weight is 342 g/mol. The number of halogens is 1. The van der Waals surface area contributed by atoms with E-state index in [2.05, 4.69) is 10.3 Å². The first-order chi connectivity index (χ1) is 12.0. The van der Waals surface area contributed by atoms with Crippen LogP contribution in [0.5, 0.6) is 0 Å². The van der Waals surface area contributed by atoms with E-state index in [0.29, 0.717) is 16.8 Å². The number of carboxylic acids is 1. The number of benzene rings is 1. The lowest BCUT2D eigenvalue weighted by molar-refractivity contribution is -0.139. The molecule has 2 N–H and O–H groups in total. The molecule has 1 aromatic heterocycles. The zero-order valence-corrected chi connectivity index (χ0v) is 13.8. The summed E-state index contributed by atoms with van der Waals surface area (Å²) in [6.07, 6.45) is 5.62. The van der Waals surface area contributed by atoms with Crippen LogP contribution in [0.25, 0.3) is 10.9 Å². The van der Waals surface area contributed by atoms with E-state index in [-0.39, 0.29) is 12.0 Å².